The van der Waals surface area contributed by atoms with Crippen LogP contribution < -0.4 is 11.2 Å². The number of aromatic amines is 1. The van der Waals surface area contributed by atoms with Crippen LogP contribution in [0, 0.1) is 11.6 Å². The van der Waals surface area contributed by atoms with Crippen molar-refractivity contribution in [2.75, 3.05) is 6.54 Å². The van der Waals surface area contributed by atoms with Gasteiger partial charge in [0.2, 0.25) is 5.91 Å². The number of carbonyl (C=O) groups excluding carboxylic acids is 1. The second-order valence-electron chi connectivity index (χ2n) is 6.84. The van der Waals surface area contributed by atoms with E-state index in [1.807, 2.05) is 0 Å². The largest absolute Gasteiger partial charge is 0.334 e. The quantitative estimate of drug-likeness (QED) is 0.734. The van der Waals surface area contributed by atoms with Crippen LogP contribution >= 0.6 is 0 Å². The normalized spacial score (nSPS) is 16.2. The number of para-hydroxylation sites is 1. The Morgan fingerprint density at radius 1 is 1.21 bits per heavy atom. The molecule has 28 heavy (non-hydrogen) atoms. The van der Waals surface area contributed by atoms with Crippen molar-refractivity contribution in [1.82, 2.24) is 14.5 Å². The van der Waals surface area contributed by atoms with E-state index in [0.717, 1.165) is 10.6 Å². The lowest BCUT2D eigenvalue weighted by Gasteiger charge is -2.35. The number of rotatable bonds is 2. The third kappa shape index (κ3) is 2.90. The summed E-state index contributed by atoms with van der Waals surface area (Å²) >= 11 is 0. The van der Waals surface area contributed by atoms with Crippen molar-refractivity contribution >= 4 is 16.8 Å². The molecule has 1 aliphatic heterocycles. The predicted octanol–water partition coefficient (Wildman–Crippen LogP) is 2.11. The fourth-order valence-electron chi connectivity index (χ4n) is 3.81. The van der Waals surface area contributed by atoms with Gasteiger partial charge in [-0.25, -0.2) is 13.6 Å². The predicted molar refractivity (Wildman–Crippen MR) is 99.0 cm³/mol. The van der Waals surface area contributed by atoms with Crippen molar-refractivity contribution in [3.05, 3.63) is 80.0 Å². The monoisotopic (exact) mass is 385 g/mol. The summed E-state index contributed by atoms with van der Waals surface area (Å²) in [4.78, 5) is 41.7. The number of carbonyl (C=O) groups is 1. The highest BCUT2D eigenvalue weighted by molar-refractivity contribution is 5.79. The van der Waals surface area contributed by atoms with Crippen LogP contribution in [0.25, 0.3) is 10.9 Å². The van der Waals surface area contributed by atoms with E-state index in [1.165, 1.54) is 11.0 Å². The molecule has 1 N–H and O–H groups in total. The number of halogens is 2. The Hall–Kier alpha value is -3.29. The molecule has 0 saturated heterocycles. The lowest BCUT2D eigenvalue weighted by Crippen LogP contribution is -2.45. The zero-order chi connectivity index (χ0) is 20.0. The maximum absolute atomic E-state index is 14.3. The summed E-state index contributed by atoms with van der Waals surface area (Å²) in [6.07, 6.45) is 0.295. The Bertz CT molecular complexity index is 1220. The number of aromatic nitrogens is 2. The van der Waals surface area contributed by atoms with E-state index in [4.69, 9.17) is 0 Å². The van der Waals surface area contributed by atoms with Crippen LogP contribution in [0.1, 0.15) is 24.1 Å². The number of H-pyrrole nitrogens is 1. The molecule has 1 aromatic heterocycles. The Balaban J connectivity index is 1.67. The smallest absolute Gasteiger partial charge is 0.329 e. The fourth-order valence-corrected chi connectivity index (χ4v) is 3.81. The summed E-state index contributed by atoms with van der Waals surface area (Å²) in [5.74, 6) is -1.84. The van der Waals surface area contributed by atoms with Crippen LogP contribution in [0.3, 0.4) is 0 Å². The zero-order valence-corrected chi connectivity index (χ0v) is 15.0. The van der Waals surface area contributed by atoms with Crippen LogP contribution in [0.5, 0.6) is 0 Å². The summed E-state index contributed by atoms with van der Waals surface area (Å²) < 4.78 is 28.5. The van der Waals surface area contributed by atoms with Crippen LogP contribution in [0.15, 0.2) is 46.0 Å². The number of amides is 1. The van der Waals surface area contributed by atoms with Crippen molar-refractivity contribution in [2.45, 2.75) is 25.9 Å². The van der Waals surface area contributed by atoms with Crippen LogP contribution in [0.2, 0.25) is 0 Å². The summed E-state index contributed by atoms with van der Waals surface area (Å²) in [6.45, 7) is 1.43. The van der Waals surface area contributed by atoms with Gasteiger partial charge in [0.05, 0.1) is 16.9 Å². The van der Waals surface area contributed by atoms with Gasteiger partial charge >= 0.3 is 5.69 Å². The van der Waals surface area contributed by atoms with Gasteiger partial charge in [0.25, 0.3) is 5.56 Å². The van der Waals surface area contributed by atoms with Crippen LogP contribution in [0.4, 0.5) is 8.78 Å². The number of nitrogens with zero attached hydrogens (tertiary/aromatic N) is 2. The molecule has 8 heteroatoms. The third-order valence-corrected chi connectivity index (χ3v) is 5.19. The van der Waals surface area contributed by atoms with Crippen molar-refractivity contribution in [2.24, 2.45) is 0 Å². The molecule has 1 unspecified atom stereocenters. The van der Waals surface area contributed by atoms with E-state index in [-0.39, 0.29) is 12.1 Å². The van der Waals surface area contributed by atoms with Gasteiger partial charge in [-0.05, 0) is 37.1 Å². The number of hydrogen-bond acceptors (Lipinski definition) is 3. The minimum atomic E-state index is -0.708. The van der Waals surface area contributed by atoms with Gasteiger partial charge in [-0.1, -0.05) is 12.1 Å². The van der Waals surface area contributed by atoms with E-state index < -0.39 is 41.4 Å². The highest BCUT2D eigenvalue weighted by atomic mass is 19.1. The van der Waals surface area contributed by atoms with Crippen molar-refractivity contribution in [3.63, 3.8) is 0 Å². The average Bonchev–Trinajstić information content (AvgIpc) is 2.64. The van der Waals surface area contributed by atoms with Crippen molar-refractivity contribution in [3.8, 4) is 0 Å². The molecule has 0 saturated carbocycles. The molecular weight excluding hydrogens is 368 g/mol. The van der Waals surface area contributed by atoms with Crippen LogP contribution in [-0.2, 0) is 17.8 Å². The Morgan fingerprint density at radius 2 is 1.96 bits per heavy atom. The Morgan fingerprint density at radius 3 is 2.75 bits per heavy atom. The highest BCUT2D eigenvalue weighted by Gasteiger charge is 2.31. The summed E-state index contributed by atoms with van der Waals surface area (Å²) in [7, 11) is 0. The lowest BCUT2D eigenvalue weighted by atomic mass is 9.92. The first-order valence-electron chi connectivity index (χ1n) is 8.86. The van der Waals surface area contributed by atoms with Crippen molar-refractivity contribution < 1.29 is 13.6 Å². The molecule has 0 bridgehead atoms. The molecule has 4 rings (SSSR count). The fraction of sp³-hybridized carbons (Fsp3) is 0.250. The molecule has 0 fully saturated rings. The van der Waals surface area contributed by atoms with E-state index in [2.05, 4.69) is 4.98 Å². The van der Waals surface area contributed by atoms with Crippen molar-refractivity contribution in [1.29, 1.82) is 0 Å². The molecular formula is C20H17F2N3O3. The first-order valence-corrected chi connectivity index (χ1v) is 8.86. The van der Waals surface area contributed by atoms with Gasteiger partial charge < -0.3 is 9.88 Å². The van der Waals surface area contributed by atoms with Gasteiger partial charge in [-0.3, -0.25) is 14.2 Å². The second kappa shape index (κ2) is 6.70. The first kappa shape index (κ1) is 18.1. The number of nitrogens with one attached hydrogen (secondary N) is 1. The summed E-state index contributed by atoms with van der Waals surface area (Å²) in [6, 6.07) is 7.97. The minimum Gasteiger partial charge on any atom is -0.334 e. The third-order valence-electron chi connectivity index (χ3n) is 5.19. The summed E-state index contributed by atoms with van der Waals surface area (Å²) in [5, 5.41) is 0.299. The molecule has 1 aliphatic rings. The average molecular weight is 385 g/mol. The molecule has 0 spiro atoms. The topological polar surface area (TPSA) is 75.2 Å². The molecule has 1 amide bonds. The SMILES string of the molecule is CC1c2c(F)cc(F)cc2CCN1C(=O)Cn1c(=O)[nH]c2ccccc2c1=O. The number of hydrogen-bond donors (Lipinski definition) is 1. The molecule has 2 aromatic carbocycles. The number of fused-ring (bicyclic) bond motifs is 2. The standard InChI is InChI=1S/C20H17F2N3O3/c1-11-18-12(8-13(21)9-15(18)22)6-7-24(11)17(26)10-25-19(27)14-4-2-3-5-16(14)23-20(25)28/h2-5,8-9,11H,6-7,10H2,1H3,(H,23,28). The minimum absolute atomic E-state index is 0.246. The molecule has 0 aliphatic carbocycles. The molecule has 3 aromatic rings. The van der Waals surface area contributed by atoms with E-state index >= 15 is 0 Å². The highest BCUT2D eigenvalue weighted by Crippen LogP contribution is 2.32. The maximum atomic E-state index is 14.3. The Kier molecular flexibility index (Phi) is 4.33. The Labute approximate surface area is 158 Å². The molecule has 1 atom stereocenters. The first-order chi connectivity index (χ1) is 13.4. The number of benzene rings is 2. The molecule has 144 valence electrons. The second-order valence-corrected chi connectivity index (χ2v) is 6.84. The van der Waals surface area contributed by atoms with Gasteiger partial charge in [-0.2, -0.15) is 0 Å². The van der Waals surface area contributed by atoms with Gasteiger partial charge in [0.1, 0.15) is 18.2 Å². The van der Waals surface area contributed by atoms with E-state index in [9.17, 15) is 23.2 Å². The van der Waals surface area contributed by atoms with Gasteiger partial charge in [-0.15, -0.1) is 0 Å². The zero-order valence-electron chi connectivity index (χ0n) is 15.0. The van der Waals surface area contributed by atoms with Gasteiger partial charge in [0.15, 0.2) is 0 Å². The van der Waals surface area contributed by atoms with Gasteiger partial charge in [0, 0.05) is 18.2 Å². The lowest BCUT2D eigenvalue weighted by molar-refractivity contribution is -0.134. The molecule has 6 nitrogen and oxygen atoms in total. The van der Waals surface area contributed by atoms with Crippen LogP contribution in [-0.4, -0.2) is 26.9 Å². The van der Waals surface area contributed by atoms with E-state index in [1.54, 1.807) is 31.2 Å². The molecule has 0 radical (unpaired) electrons. The molecule has 2 heterocycles. The maximum Gasteiger partial charge on any atom is 0.329 e. The van der Waals surface area contributed by atoms with E-state index in [0.29, 0.717) is 22.9 Å². The summed E-state index contributed by atoms with van der Waals surface area (Å²) in [5.41, 5.74) is -0.0671.